The summed E-state index contributed by atoms with van der Waals surface area (Å²) in [7, 11) is 0. The third-order valence-corrected chi connectivity index (χ3v) is 0.890. The number of hydrogen-bond donors (Lipinski definition) is 1. The van der Waals surface area contributed by atoms with Crippen molar-refractivity contribution in [2.24, 2.45) is 0 Å². The lowest BCUT2D eigenvalue weighted by molar-refractivity contribution is 0.629. The molecule has 0 fully saturated rings. The van der Waals surface area contributed by atoms with Crippen molar-refractivity contribution in [1.29, 1.82) is 0 Å². The second kappa shape index (κ2) is 1.82. The van der Waals surface area contributed by atoms with Crippen molar-refractivity contribution in [2.75, 3.05) is 0 Å². The third-order valence-electron chi connectivity index (χ3n) is 0.890. The van der Waals surface area contributed by atoms with Gasteiger partial charge in [0.05, 0.1) is 0 Å². The number of halogens is 1. The molecule has 0 radical (unpaired) electrons. The minimum atomic E-state index is -0.250. The fourth-order valence-corrected chi connectivity index (χ4v) is 0.502. The summed E-state index contributed by atoms with van der Waals surface area (Å²) in [5.74, 6) is -0.250. The normalized spacial score (nSPS) is 9.12. The zero-order valence-electron chi connectivity index (χ0n) is 4.32. The number of H-pyrrole nitrogens is 1. The molecule has 0 spiro atoms. The van der Waals surface area contributed by atoms with E-state index in [2.05, 4.69) is 11.6 Å². The number of hydrogen-bond acceptors (Lipinski definition) is 0. The molecule has 0 saturated heterocycles. The first-order chi connectivity index (χ1) is 3.83. The van der Waals surface area contributed by atoms with Crippen LogP contribution in [0.1, 0.15) is 5.69 Å². The van der Waals surface area contributed by atoms with E-state index in [1.807, 2.05) is 0 Å². The van der Waals surface area contributed by atoms with Crippen molar-refractivity contribution < 1.29 is 4.39 Å². The van der Waals surface area contributed by atoms with E-state index < -0.39 is 0 Å². The third kappa shape index (κ3) is 0.780. The van der Waals surface area contributed by atoms with Gasteiger partial charge in [-0.05, 0) is 12.1 Å². The molecule has 0 saturated carbocycles. The molecule has 1 aromatic heterocycles. The van der Waals surface area contributed by atoms with Gasteiger partial charge in [0.2, 0.25) is 0 Å². The van der Waals surface area contributed by atoms with Crippen LogP contribution in [0, 0.1) is 5.82 Å². The molecule has 0 aliphatic rings. The molecule has 8 heavy (non-hydrogen) atoms. The number of rotatable bonds is 1. The van der Waals surface area contributed by atoms with E-state index in [0.29, 0.717) is 5.69 Å². The standard InChI is InChI=1S/C6H6FN/c1-2-6-3-5(7)4-8-6/h2-4,8H,1H2. The van der Waals surface area contributed by atoms with Crippen LogP contribution >= 0.6 is 0 Å². The summed E-state index contributed by atoms with van der Waals surface area (Å²) < 4.78 is 12.0. The van der Waals surface area contributed by atoms with E-state index in [4.69, 9.17) is 0 Å². The molecule has 1 heterocycles. The molecule has 0 bridgehead atoms. The summed E-state index contributed by atoms with van der Waals surface area (Å²) in [4.78, 5) is 2.66. The second-order valence-electron chi connectivity index (χ2n) is 1.48. The van der Waals surface area contributed by atoms with Gasteiger partial charge in [0.1, 0.15) is 5.82 Å². The summed E-state index contributed by atoms with van der Waals surface area (Å²) >= 11 is 0. The van der Waals surface area contributed by atoms with Gasteiger partial charge >= 0.3 is 0 Å². The number of nitrogens with one attached hydrogen (secondary N) is 1. The van der Waals surface area contributed by atoms with Crippen LogP contribution in [-0.2, 0) is 0 Å². The zero-order chi connectivity index (χ0) is 5.98. The molecule has 1 nitrogen and oxygen atoms in total. The van der Waals surface area contributed by atoms with Crippen LogP contribution in [0.15, 0.2) is 18.8 Å². The number of aromatic nitrogens is 1. The second-order valence-corrected chi connectivity index (χ2v) is 1.48. The van der Waals surface area contributed by atoms with Crippen molar-refractivity contribution in [1.82, 2.24) is 4.98 Å². The smallest absolute Gasteiger partial charge is 0.141 e. The Bertz CT molecular complexity index is 190. The summed E-state index contributed by atoms with van der Waals surface area (Å²) in [5, 5.41) is 0. The van der Waals surface area contributed by atoms with Crippen LogP contribution in [0.25, 0.3) is 6.08 Å². The van der Waals surface area contributed by atoms with Gasteiger partial charge in [0, 0.05) is 11.9 Å². The van der Waals surface area contributed by atoms with Crippen LogP contribution in [0.5, 0.6) is 0 Å². The molecule has 1 aromatic rings. The van der Waals surface area contributed by atoms with Crippen LogP contribution in [-0.4, -0.2) is 4.98 Å². The fraction of sp³-hybridized carbons (Fsp3) is 0. The minimum absolute atomic E-state index is 0.250. The SMILES string of the molecule is C=Cc1cc(F)c[nH]1. The van der Waals surface area contributed by atoms with Gasteiger partial charge in [-0.2, -0.15) is 0 Å². The summed E-state index contributed by atoms with van der Waals surface area (Å²) in [6.45, 7) is 3.45. The number of aromatic amines is 1. The van der Waals surface area contributed by atoms with Gasteiger partial charge in [0.15, 0.2) is 0 Å². The Hall–Kier alpha value is -1.05. The van der Waals surface area contributed by atoms with Gasteiger partial charge in [-0.25, -0.2) is 4.39 Å². The van der Waals surface area contributed by atoms with Crippen LogP contribution in [0.3, 0.4) is 0 Å². The summed E-state index contributed by atoms with van der Waals surface area (Å²) in [6.07, 6.45) is 2.85. The highest BCUT2D eigenvalue weighted by molar-refractivity contribution is 5.41. The van der Waals surface area contributed by atoms with E-state index in [1.54, 1.807) is 6.08 Å². The van der Waals surface area contributed by atoms with Crippen molar-refractivity contribution in [3.63, 3.8) is 0 Å². The molecule has 2 heteroatoms. The van der Waals surface area contributed by atoms with Crippen molar-refractivity contribution in [3.05, 3.63) is 30.4 Å². The molecule has 0 aliphatic heterocycles. The van der Waals surface area contributed by atoms with Gasteiger partial charge in [0.25, 0.3) is 0 Å². The van der Waals surface area contributed by atoms with Gasteiger partial charge < -0.3 is 4.98 Å². The van der Waals surface area contributed by atoms with Crippen LogP contribution in [0.4, 0.5) is 4.39 Å². The van der Waals surface area contributed by atoms with E-state index in [0.717, 1.165) is 0 Å². The monoisotopic (exact) mass is 111 g/mol. The maximum Gasteiger partial charge on any atom is 0.141 e. The fourth-order valence-electron chi connectivity index (χ4n) is 0.502. The topological polar surface area (TPSA) is 15.8 Å². The minimum Gasteiger partial charge on any atom is -0.359 e. The lowest BCUT2D eigenvalue weighted by Gasteiger charge is -1.74. The van der Waals surface area contributed by atoms with Gasteiger partial charge in [-0.1, -0.05) is 6.58 Å². The van der Waals surface area contributed by atoms with Gasteiger partial charge in [-0.15, -0.1) is 0 Å². The Kier molecular flexibility index (Phi) is 1.16. The average Bonchev–Trinajstić information content (AvgIpc) is 2.14. The lowest BCUT2D eigenvalue weighted by atomic mass is 10.4. The van der Waals surface area contributed by atoms with Crippen molar-refractivity contribution in [3.8, 4) is 0 Å². The first-order valence-corrected chi connectivity index (χ1v) is 2.29. The van der Waals surface area contributed by atoms with Crippen molar-refractivity contribution in [2.45, 2.75) is 0 Å². The lowest BCUT2D eigenvalue weighted by Crippen LogP contribution is -1.61. The Balaban J connectivity index is 3.00. The maximum absolute atomic E-state index is 12.0. The highest BCUT2D eigenvalue weighted by atomic mass is 19.1. The molecule has 42 valence electrons. The Morgan fingerprint density at radius 2 is 2.50 bits per heavy atom. The van der Waals surface area contributed by atoms with E-state index in [1.165, 1.54) is 12.3 Å². The molecule has 0 aliphatic carbocycles. The molecule has 0 amide bonds. The Morgan fingerprint density at radius 3 is 2.75 bits per heavy atom. The largest absolute Gasteiger partial charge is 0.359 e. The molecular weight excluding hydrogens is 105 g/mol. The maximum atomic E-state index is 12.0. The Morgan fingerprint density at radius 1 is 1.75 bits per heavy atom. The molecular formula is C6H6FN. The highest BCUT2D eigenvalue weighted by Gasteiger charge is 1.89. The predicted octanol–water partition coefficient (Wildman–Crippen LogP) is 1.80. The quantitative estimate of drug-likeness (QED) is 0.568. The average molecular weight is 111 g/mol. The summed E-state index contributed by atoms with van der Waals surface area (Å²) in [6, 6.07) is 1.38. The predicted molar refractivity (Wildman–Crippen MR) is 30.8 cm³/mol. The molecule has 1 N–H and O–H groups in total. The first-order valence-electron chi connectivity index (χ1n) is 2.29. The molecule has 0 atom stereocenters. The molecule has 0 unspecified atom stereocenters. The first kappa shape index (κ1) is 5.09. The summed E-state index contributed by atoms with van der Waals surface area (Å²) in [5.41, 5.74) is 0.711. The zero-order valence-corrected chi connectivity index (χ0v) is 4.32. The van der Waals surface area contributed by atoms with E-state index >= 15 is 0 Å². The molecule has 1 rings (SSSR count). The van der Waals surface area contributed by atoms with Crippen LogP contribution in [0.2, 0.25) is 0 Å². The molecule has 0 aromatic carbocycles. The Labute approximate surface area is 46.8 Å². The van der Waals surface area contributed by atoms with Gasteiger partial charge in [-0.3, -0.25) is 0 Å². The van der Waals surface area contributed by atoms with Crippen LogP contribution < -0.4 is 0 Å². The van der Waals surface area contributed by atoms with E-state index in [9.17, 15) is 4.39 Å². The van der Waals surface area contributed by atoms with E-state index in [-0.39, 0.29) is 5.82 Å². The highest BCUT2D eigenvalue weighted by Crippen LogP contribution is 2.00. The van der Waals surface area contributed by atoms with Crippen molar-refractivity contribution >= 4 is 6.08 Å².